The fraction of sp³-hybridized carbons (Fsp3) is 0.316. The Morgan fingerprint density at radius 1 is 1.08 bits per heavy atom. The maximum absolute atomic E-state index is 12.4. The number of esters is 1. The molecule has 5 heteroatoms. The van der Waals surface area contributed by atoms with Crippen LogP contribution in [-0.2, 0) is 32.1 Å². The van der Waals surface area contributed by atoms with E-state index in [0.29, 0.717) is 28.9 Å². The van der Waals surface area contributed by atoms with Crippen LogP contribution in [0.1, 0.15) is 31.9 Å². The highest BCUT2D eigenvalue weighted by Crippen LogP contribution is 2.25. The summed E-state index contributed by atoms with van der Waals surface area (Å²) in [7, 11) is 1.55. The topological polar surface area (TPSA) is 69.7 Å². The number of hydrogen-bond acceptors (Lipinski definition) is 5. The van der Waals surface area contributed by atoms with Crippen LogP contribution in [0.5, 0.6) is 5.75 Å². The van der Waals surface area contributed by atoms with Crippen LogP contribution in [0.3, 0.4) is 0 Å². The van der Waals surface area contributed by atoms with Crippen molar-refractivity contribution in [3.63, 3.8) is 0 Å². The molecule has 0 aliphatic heterocycles. The summed E-state index contributed by atoms with van der Waals surface area (Å²) in [5.74, 6) is -0.0207. The number of carbonyl (C=O) groups is 3. The summed E-state index contributed by atoms with van der Waals surface area (Å²) < 4.78 is 10.3. The molecular formula is C19H20O5. The zero-order valence-corrected chi connectivity index (χ0v) is 14.3. The number of ketones is 2. The number of carbonyl (C=O) groups excluding carboxylic acids is 3. The van der Waals surface area contributed by atoms with Gasteiger partial charge in [-0.1, -0.05) is 6.07 Å². The van der Waals surface area contributed by atoms with Gasteiger partial charge in [0, 0.05) is 30.1 Å². The van der Waals surface area contributed by atoms with Gasteiger partial charge in [-0.25, -0.2) is 0 Å². The van der Waals surface area contributed by atoms with E-state index in [1.54, 1.807) is 33.1 Å². The number of ether oxygens (including phenoxy) is 2. The molecular weight excluding hydrogens is 308 g/mol. The zero-order chi connectivity index (χ0) is 17.9. The SMILES string of the molecule is COc1ccc(CC2=CC(=O)C(C)=C(C)C2=O)c(COC(C)=O)c1. The number of Topliss-reactive ketones (excluding diaryl/α,β-unsaturated/α-hetero) is 1. The second kappa shape index (κ2) is 7.25. The van der Waals surface area contributed by atoms with E-state index in [4.69, 9.17) is 9.47 Å². The molecule has 0 aromatic heterocycles. The third-order valence-electron chi connectivity index (χ3n) is 4.09. The van der Waals surface area contributed by atoms with Crippen molar-refractivity contribution in [3.8, 4) is 5.75 Å². The number of hydrogen-bond donors (Lipinski definition) is 0. The first-order valence-electron chi connectivity index (χ1n) is 7.59. The monoisotopic (exact) mass is 328 g/mol. The molecule has 0 radical (unpaired) electrons. The number of benzene rings is 1. The minimum Gasteiger partial charge on any atom is -0.497 e. The molecule has 1 aromatic rings. The van der Waals surface area contributed by atoms with Crippen molar-refractivity contribution >= 4 is 17.5 Å². The van der Waals surface area contributed by atoms with E-state index in [0.717, 1.165) is 11.1 Å². The molecule has 0 atom stereocenters. The minimum absolute atomic E-state index is 0.0884. The van der Waals surface area contributed by atoms with Crippen molar-refractivity contribution < 1.29 is 23.9 Å². The first kappa shape index (κ1) is 17.7. The quantitative estimate of drug-likeness (QED) is 0.614. The first-order valence-corrected chi connectivity index (χ1v) is 7.59. The van der Waals surface area contributed by atoms with Gasteiger partial charge in [-0.15, -0.1) is 0 Å². The average Bonchev–Trinajstić information content (AvgIpc) is 2.56. The van der Waals surface area contributed by atoms with E-state index >= 15 is 0 Å². The molecule has 0 bridgehead atoms. The van der Waals surface area contributed by atoms with Gasteiger partial charge >= 0.3 is 5.97 Å². The maximum atomic E-state index is 12.4. The third-order valence-corrected chi connectivity index (χ3v) is 4.09. The standard InChI is InChI=1S/C19H20O5/c1-11-12(2)19(22)15(9-18(11)21)7-14-5-6-17(23-4)8-16(14)10-24-13(3)20/h5-6,8-9H,7,10H2,1-4H3. The molecule has 0 saturated heterocycles. The fourth-order valence-corrected chi connectivity index (χ4v) is 2.48. The lowest BCUT2D eigenvalue weighted by molar-refractivity contribution is -0.142. The Morgan fingerprint density at radius 2 is 1.79 bits per heavy atom. The molecule has 0 spiro atoms. The molecule has 0 amide bonds. The van der Waals surface area contributed by atoms with Gasteiger partial charge in [-0.2, -0.15) is 0 Å². The summed E-state index contributed by atoms with van der Waals surface area (Å²) in [6.45, 7) is 4.74. The van der Waals surface area contributed by atoms with Gasteiger partial charge in [-0.3, -0.25) is 14.4 Å². The molecule has 1 aromatic carbocycles. The molecule has 1 aliphatic carbocycles. The fourth-order valence-electron chi connectivity index (χ4n) is 2.48. The highest BCUT2D eigenvalue weighted by Gasteiger charge is 2.23. The van der Waals surface area contributed by atoms with Gasteiger partial charge in [0.25, 0.3) is 0 Å². The van der Waals surface area contributed by atoms with Crippen LogP contribution >= 0.6 is 0 Å². The Morgan fingerprint density at radius 3 is 2.42 bits per heavy atom. The Labute approximate surface area is 141 Å². The normalized spacial score (nSPS) is 14.6. The summed E-state index contributed by atoms with van der Waals surface area (Å²) in [4.78, 5) is 35.5. The van der Waals surface area contributed by atoms with Gasteiger partial charge in [0.05, 0.1) is 7.11 Å². The lowest BCUT2D eigenvalue weighted by Gasteiger charge is -2.16. The molecule has 1 aliphatic rings. The van der Waals surface area contributed by atoms with Crippen molar-refractivity contribution in [1.29, 1.82) is 0 Å². The van der Waals surface area contributed by atoms with Crippen LogP contribution in [0.2, 0.25) is 0 Å². The highest BCUT2D eigenvalue weighted by atomic mass is 16.5. The van der Waals surface area contributed by atoms with Crippen molar-refractivity contribution in [2.24, 2.45) is 0 Å². The second-order valence-corrected chi connectivity index (χ2v) is 5.70. The summed E-state index contributed by atoms with van der Waals surface area (Å²) in [5, 5.41) is 0. The molecule has 0 N–H and O–H groups in total. The molecule has 5 nitrogen and oxygen atoms in total. The van der Waals surface area contributed by atoms with Gasteiger partial charge < -0.3 is 9.47 Å². The Balaban J connectivity index is 2.32. The van der Waals surface area contributed by atoms with Crippen LogP contribution < -0.4 is 4.74 Å². The Kier molecular flexibility index (Phi) is 5.34. The van der Waals surface area contributed by atoms with Gasteiger partial charge in [0.1, 0.15) is 12.4 Å². The number of rotatable bonds is 5. The van der Waals surface area contributed by atoms with Crippen LogP contribution in [0.25, 0.3) is 0 Å². The van der Waals surface area contributed by atoms with Gasteiger partial charge in [-0.05, 0) is 43.2 Å². The largest absolute Gasteiger partial charge is 0.497 e. The summed E-state index contributed by atoms with van der Waals surface area (Å²) in [6, 6.07) is 5.36. The average molecular weight is 328 g/mol. The maximum Gasteiger partial charge on any atom is 0.302 e. The number of methoxy groups -OCH3 is 1. The van der Waals surface area contributed by atoms with E-state index in [1.165, 1.54) is 13.0 Å². The molecule has 0 unspecified atom stereocenters. The Bertz CT molecular complexity index is 768. The Hall–Kier alpha value is -2.69. The second-order valence-electron chi connectivity index (χ2n) is 5.70. The van der Waals surface area contributed by atoms with Gasteiger partial charge in [0.2, 0.25) is 0 Å². The summed E-state index contributed by atoms with van der Waals surface area (Å²) in [6.07, 6.45) is 1.69. The number of allylic oxidation sites excluding steroid dienone is 4. The zero-order valence-electron chi connectivity index (χ0n) is 14.3. The first-order chi connectivity index (χ1) is 11.3. The van der Waals surface area contributed by atoms with Crippen molar-refractivity contribution in [1.82, 2.24) is 0 Å². The van der Waals surface area contributed by atoms with Crippen molar-refractivity contribution in [3.05, 3.63) is 52.1 Å². The third kappa shape index (κ3) is 3.79. The lowest BCUT2D eigenvalue weighted by atomic mass is 9.87. The molecule has 126 valence electrons. The predicted octanol–water partition coefficient (Wildman–Crippen LogP) is 2.72. The van der Waals surface area contributed by atoms with E-state index in [-0.39, 0.29) is 24.1 Å². The minimum atomic E-state index is -0.388. The van der Waals surface area contributed by atoms with Crippen LogP contribution in [0, 0.1) is 0 Å². The van der Waals surface area contributed by atoms with E-state index in [9.17, 15) is 14.4 Å². The van der Waals surface area contributed by atoms with Crippen LogP contribution in [0.4, 0.5) is 0 Å². The molecule has 0 heterocycles. The molecule has 0 saturated carbocycles. The van der Waals surface area contributed by atoms with Crippen molar-refractivity contribution in [2.45, 2.75) is 33.8 Å². The summed E-state index contributed by atoms with van der Waals surface area (Å²) >= 11 is 0. The van der Waals surface area contributed by atoms with E-state index < -0.39 is 0 Å². The molecule has 24 heavy (non-hydrogen) atoms. The van der Waals surface area contributed by atoms with Gasteiger partial charge in [0.15, 0.2) is 11.6 Å². The molecule has 0 fully saturated rings. The highest BCUT2D eigenvalue weighted by molar-refractivity contribution is 6.22. The predicted molar refractivity (Wildman–Crippen MR) is 88.6 cm³/mol. The lowest BCUT2D eigenvalue weighted by Crippen LogP contribution is -2.18. The van der Waals surface area contributed by atoms with Crippen molar-refractivity contribution in [2.75, 3.05) is 7.11 Å². The summed E-state index contributed by atoms with van der Waals surface area (Å²) in [5.41, 5.74) is 2.97. The van der Waals surface area contributed by atoms with E-state index in [2.05, 4.69) is 0 Å². The smallest absolute Gasteiger partial charge is 0.302 e. The van der Waals surface area contributed by atoms with E-state index in [1.807, 2.05) is 6.07 Å². The van der Waals surface area contributed by atoms with Crippen LogP contribution in [-0.4, -0.2) is 24.6 Å². The van der Waals surface area contributed by atoms with Crippen LogP contribution in [0.15, 0.2) is 41.0 Å². The molecule has 2 rings (SSSR count).